The molecule has 0 N–H and O–H groups in total. The van der Waals surface area contributed by atoms with Crippen LogP contribution >= 0.6 is 15.9 Å². The van der Waals surface area contributed by atoms with Crippen LogP contribution in [0.1, 0.15) is 68.6 Å². The van der Waals surface area contributed by atoms with Crippen LogP contribution in [0.4, 0.5) is 4.39 Å². The van der Waals surface area contributed by atoms with Gasteiger partial charge in [-0.1, -0.05) is 45.4 Å². The first-order valence-corrected chi connectivity index (χ1v) is 7.92. The molecular weight excluding hydrogens is 307 g/mol. The van der Waals surface area contributed by atoms with E-state index in [-0.39, 0.29) is 11.6 Å². The molecule has 1 nitrogen and oxygen atoms in total. The molecule has 19 heavy (non-hydrogen) atoms. The molecule has 0 aromatic heterocycles. The van der Waals surface area contributed by atoms with Gasteiger partial charge in [-0.15, -0.1) is 0 Å². The summed E-state index contributed by atoms with van der Waals surface area (Å²) in [5.74, 6) is -0.222. The second kappa shape index (κ2) is 9.24. The lowest BCUT2D eigenvalue weighted by Crippen LogP contribution is -2.00. The highest BCUT2D eigenvalue weighted by Gasteiger charge is 2.10. The fourth-order valence-electron chi connectivity index (χ4n) is 2.09. The topological polar surface area (TPSA) is 17.1 Å². The average molecular weight is 329 g/mol. The fraction of sp³-hybridized carbons (Fsp3) is 0.562. The third-order valence-electron chi connectivity index (χ3n) is 3.24. The molecule has 1 rings (SSSR count). The Morgan fingerprint density at radius 3 is 2.37 bits per heavy atom. The zero-order valence-corrected chi connectivity index (χ0v) is 13.1. The van der Waals surface area contributed by atoms with Crippen LogP contribution in [-0.2, 0) is 0 Å². The van der Waals surface area contributed by atoms with E-state index < -0.39 is 0 Å². The number of hydrogen-bond donors (Lipinski definition) is 0. The van der Waals surface area contributed by atoms with E-state index in [1.165, 1.54) is 44.2 Å². The number of halogens is 2. The number of rotatable bonds is 9. The quantitative estimate of drug-likeness (QED) is 0.406. The molecule has 0 amide bonds. The number of hydrogen-bond acceptors (Lipinski definition) is 1. The van der Waals surface area contributed by atoms with Crippen molar-refractivity contribution in [3.8, 4) is 0 Å². The van der Waals surface area contributed by atoms with Gasteiger partial charge in [0.05, 0.1) is 0 Å². The number of Topliss-reactive ketones (excluding diaryl/α,β-unsaturated/α-hetero) is 1. The van der Waals surface area contributed by atoms with Crippen LogP contribution in [0.5, 0.6) is 0 Å². The minimum atomic E-state index is -0.320. The Bertz CT molecular complexity index is 404. The second-order valence-electron chi connectivity index (χ2n) is 4.92. The van der Waals surface area contributed by atoms with Crippen molar-refractivity contribution >= 4 is 21.7 Å². The molecular formula is C16H22BrFO. The molecule has 0 unspecified atom stereocenters. The summed E-state index contributed by atoms with van der Waals surface area (Å²) in [7, 11) is 0. The molecule has 106 valence electrons. The highest BCUT2D eigenvalue weighted by atomic mass is 79.9. The zero-order chi connectivity index (χ0) is 14.1. The minimum absolute atomic E-state index is 0.0976. The molecule has 0 bridgehead atoms. The van der Waals surface area contributed by atoms with Crippen molar-refractivity contribution in [1.82, 2.24) is 0 Å². The van der Waals surface area contributed by atoms with Gasteiger partial charge in [0.25, 0.3) is 0 Å². The molecule has 0 aliphatic rings. The minimum Gasteiger partial charge on any atom is -0.294 e. The molecule has 0 fully saturated rings. The SMILES string of the molecule is CCCCCCCCCC(=O)c1ccc(F)cc1Br. The summed E-state index contributed by atoms with van der Waals surface area (Å²) in [6.45, 7) is 2.21. The van der Waals surface area contributed by atoms with Crippen molar-refractivity contribution in [3.63, 3.8) is 0 Å². The summed E-state index contributed by atoms with van der Waals surface area (Å²) in [6.07, 6.45) is 8.92. The van der Waals surface area contributed by atoms with Crippen molar-refractivity contribution in [2.45, 2.75) is 58.3 Å². The monoisotopic (exact) mass is 328 g/mol. The molecule has 0 saturated heterocycles. The molecule has 0 heterocycles. The maximum absolute atomic E-state index is 12.9. The summed E-state index contributed by atoms with van der Waals surface area (Å²) < 4.78 is 13.5. The van der Waals surface area contributed by atoms with Crippen molar-refractivity contribution in [1.29, 1.82) is 0 Å². The molecule has 0 atom stereocenters. The first kappa shape index (κ1) is 16.4. The molecule has 0 radical (unpaired) electrons. The smallest absolute Gasteiger partial charge is 0.164 e. The predicted octanol–water partition coefficient (Wildman–Crippen LogP) is 5.91. The van der Waals surface area contributed by atoms with Crippen LogP contribution in [0.25, 0.3) is 0 Å². The van der Waals surface area contributed by atoms with E-state index in [0.717, 1.165) is 12.8 Å². The number of ketones is 1. The van der Waals surface area contributed by atoms with Gasteiger partial charge in [0.2, 0.25) is 0 Å². The molecule has 0 aliphatic heterocycles. The van der Waals surface area contributed by atoms with Gasteiger partial charge in [0.1, 0.15) is 5.82 Å². The van der Waals surface area contributed by atoms with Gasteiger partial charge in [0.15, 0.2) is 5.78 Å². The maximum Gasteiger partial charge on any atom is 0.164 e. The molecule has 1 aromatic rings. The van der Waals surface area contributed by atoms with E-state index in [4.69, 9.17) is 0 Å². The van der Waals surface area contributed by atoms with Gasteiger partial charge < -0.3 is 0 Å². The molecule has 0 aliphatic carbocycles. The number of carbonyl (C=O) groups is 1. The summed E-state index contributed by atoms with van der Waals surface area (Å²) in [4.78, 5) is 12.0. The Labute approximate surface area is 123 Å². The third kappa shape index (κ3) is 6.33. The van der Waals surface area contributed by atoms with E-state index >= 15 is 0 Å². The summed E-state index contributed by atoms with van der Waals surface area (Å²) in [6, 6.07) is 4.24. The number of unbranched alkanes of at least 4 members (excludes halogenated alkanes) is 6. The average Bonchev–Trinajstić information content (AvgIpc) is 2.37. The lowest BCUT2D eigenvalue weighted by molar-refractivity contribution is 0.0978. The van der Waals surface area contributed by atoms with E-state index in [1.807, 2.05) is 0 Å². The van der Waals surface area contributed by atoms with E-state index in [2.05, 4.69) is 22.9 Å². The van der Waals surface area contributed by atoms with E-state index in [0.29, 0.717) is 16.5 Å². The van der Waals surface area contributed by atoms with Gasteiger partial charge in [-0.25, -0.2) is 4.39 Å². The summed E-state index contributed by atoms with van der Waals surface area (Å²) in [5, 5.41) is 0. The standard InChI is InChI=1S/C16H22BrFO/c1-2-3-4-5-6-7-8-9-16(19)14-11-10-13(18)12-15(14)17/h10-12H,2-9H2,1H3. The Morgan fingerprint density at radius 1 is 1.11 bits per heavy atom. The summed E-state index contributed by atoms with van der Waals surface area (Å²) in [5.41, 5.74) is 0.590. The second-order valence-corrected chi connectivity index (χ2v) is 5.77. The van der Waals surface area contributed by atoms with Crippen molar-refractivity contribution in [2.75, 3.05) is 0 Å². The molecule has 1 aromatic carbocycles. The molecule has 0 spiro atoms. The van der Waals surface area contributed by atoms with Gasteiger partial charge in [-0.05, 0) is 40.5 Å². The van der Waals surface area contributed by atoms with Crippen molar-refractivity contribution in [2.24, 2.45) is 0 Å². The van der Waals surface area contributed by atoms with Crippen LogP contribution in [0, 0.1) is 5.82 Å². The van der Waals surface area contributed by atoms with Crippen LogP contribution in [0.15, 0.2) is 22.7 Å². The van der Waals surface area contributed by atoms with E-state index in [9.17, 15) is 9.18 Å². The first-order chi connectivity index (χ1) is 9.15. The van der Waals surface area contributed by atoms with Crippen LogP contribution in [-0.4, -0.2) is 5.78 Å². The number of benzene rings is 1. The maximum atomic E-state index is 12.9. The highest BCUT2D eigenvalue weighted by molar-refractivity contribution is 9.10. The predicted molar refractivity (Wildman–Crippen MR) is 81.0 cm³/mol. The number of carbonyl (C=O) groups excluding carboxylic acids is 1. The van der Waals surface area contributed by atoms with Crippen molar-refractivity contribution < 1.29 is 9.18 Å². The van der Waals surface area contributed by atoms with E-state index in [1.54, 1.807) is 6.07 Å². The Kier molecular flexibility index (Phi) is 7.96. The van der Waals surface area contributed by atoms with Crippen LogP contribution in [0.3, 0.4) is 0 Å². The zero-order valence-electron chi connectivity index (χ0n) is 11.6. The third-order valence-corrected chi connectivity index (χ3v) is 3.90. The van der Waals surface area contributed by atoms with Crippen LogP contribution in [0.2, 0.25) is 0 Å². The van der Waals surface area contributed by atoms with Gasteiger partial charge in [0, 0.05) is 16.5 Å². The summed E-state index contributed by atoms with van der Waals surface area (Å²) >= 11 is 3.24. The Balaban J connectivity index is 2.24. The first-order valence-electron chi connectivity index (χ1n) is 7.13. The molecule has 0 saturated carbocycles. The lowest BCUT2D eigenvalue weighted by Gasteiger charge is -2.04. The fourth-order valence-corrected chi connectivity index (χ4v) is 2.66. The Hall–Kier alpha value is -0.700. The Morgan fingerprint density at radius 2 is 1.74 bits per heavy atom. The normalized spacial score (nSPS) is 10.7. The van der Waals surface area contributed by atoms with Gasteiger partial charge >= 0.3 is 0 Å². The molecule has 3 heteroatoms. The lowest BCUT2D eigenvalue weighted by atomic mass is 10.0. The largest absolute Gasteiger partial charge is 0.294 e. The van der Waals surface area contributed by atoms with Gasteiger partial charge in [-0.2, -0.15) is 0 Å². The van der Waals surface area contributed by atoms with Crippen LogP contribution < -0.4 is 0 Å². The van der Waals surface area contributed by atoms with Gasteiger partial charge in [-0.3, -0.25) is 4.79 Å². The van der Waals surface area contributed by atoms with Crippen molar-refractivity contribution in [3.05, 3.63) is 34.1 Å². The highest BCUT2D eigenvalue weighted by Crippen LogP contribution is 2.20.